The van der Waals surface area contributed by atoms with Gasteiger partial charge in [-0.3, -0.25) is 0 Å². The number of rotatable bonds is 9. The number of hydrogen-bond acceptors (Lipinski definition) is 7. The van der Waals surface area contributed by atoms with Crippen molar-refractivity contribution in [3.63, 3.8) is 0 Å². The summed E-state index contributed by atoms with van der Waals surface area (Å²) in [6, 6.07) is 13.3. The summed E-state index contributed by atoms with van der Waals surface area (Å²) in [5.41, 5.74) is 3.86. The molecule has 31 heavy (non-hydrogen) atoms. The zero-order valence-corrected chi connectivity index (χ0v) is 18.6. The second-order valence-corrected chi connectivity index (χ2v) is 7.71. The zero-order valence-electron chi connectivity index (χ0n) is 18.6. The van der Waals surface area contributed by atoms with Crippen LogP contribution in [0.2, 0.25) is 0 Å². The number of para-hydroxylation sites is 1. The maximum atomic E-state index is 12.2. The molecule has 7 heteroatoms. The number of ether oxygens (including phenoxy) is 2. The fourth-order valence-corrected chi connectivity index (χ4v) is 3.14. The van der Waals surface area contributed by atoms with Crippen LogP contribution in [0.15, 0.2) is 52.8 Å². The summed E-state index contributed by atoms with van der Waals surface area (Å²) in [5.74, 6) is 0.206. The van der Waals surface area contributed by atoms with Gasteiger partial charge < -0.3 is 19.1 Å². The molecule has 7 nitrogen and oxygen atoms in total. The first kappa shape index (κ1) is 22.3. The van der Waals surface area contributed by atoms with E-state index in [9.17, 15) is 4.79 Å². The van der Waals surface area contributed by atoms with Crippen molar-refractivity contribution in [2.45, 2.75) is 45.8 Å². The Morgan fingerprint density at radius 3 is 2.42 bits per heavy atom. The lowest BCUT2D eigenvalue weighted by Crippen LogP contribution is -2.20. The summed E-state index contributed by atoms with van der Waals surface area (Å²) in [5, 5.41) is 8.15. The van der Waals surface area contributed by atoms with Crippen molar-refractivity contribution < 1.29 is 23.9 Å². The summed E-state index contributed by atoms with van der Waals surface area (Å²) in [6.45, 7) is 6.06. The summed E-state index contributed by atoms with van der Waals surface area (Å²) < 4.78 is 11.0. The summed E-state index contributed by atoms with van der Waals surface area (Å²) in [4.78, 5) is 22.7. The highest BCUT2D eigenvalue weighted by Crippen LogP contribution is 2.40. The number of carbonyl (C=O) groups is 1. The molecule has 1 aliphatic carbocycles. The molecule has 0 spiro atoms. The van der Waals surface area contributed by atoms with Gasteiger partial charge in [-0.25, -0.2) is 4.79 Å². The third kappa shape index (κ3) is 5.42. The van der Waals surface area contributed by atoms with Gasteiger partial charge in [0.05, 0.1) is 12.8 Å². The first-order chi connectivity index (χ1) is 14.9. The predicted molar refractivity (Wildman–Crippen MR) is 118 cm³/mol. The van der Waals surface area contributed by atoms with Crippen molar-refractivity contribution >= 4 is 17.4 Å². The minimum absolute atomic E-state index is 0.0735. The molecular formula is C24H28N2O5. The van der Waals surface area contributed by atoms with E-state index in [4.69, 9.17) is 19.1 Å². The maximum absolute atomic E-state index is 12.2. The van der Waals surface area contributed by atoms with Crippen LogP contribution in [-0.2, 0) is 25.8 Å². The van der Waals surface area contributed by atoms with Crippen LogP contribution in [-0.4, -0.2) is 37.2 Å². The van der Waals surface area contributed by atoms with Gasteiger partial charge in [-0.15, -0.1) is 0 Å². The van der Waals surface area contributed by atoms with Gasteiger partial charge in [0.1, 0.15) is 25.1 Å². The molecule has 0 bridgehead atoms. The summed E-state index contributed by atoms with van der Waals surface area (Å²) >= 11 is 0. The smallest absolute Gasteiger partial charge is 0.360 e. The van der Waals surface area contributed by atoms with E-state index >= 15 is 0 Å². The molecule has 164 valence electrons. The van der Waals surface area contributed by atoms with Crippen LogP contribution in [0, 0.1) is 6.92 Å². The number of methoxy groups -OCH3 is 1. The van der Waals surface area contributed by atoms with E-state index in [1.807, 2.05) is 50.2 Å². The van der Waals surface area contributed by atoms with Crippen LogP contribution >= 0.6 is 0 Å². The number of nitrogens with zero attached hydrogens (tertiary/aromatic N) is 2. The van der Waals surface area contributed by atoms with E-state index in [2.05, 4.69) is 17.2 Å². The average Bonchev–Trinajstić information content (AvgIpc) is 3.49. The van der Waals surface area contributed by atoms with Crippen molar-refractivity contribution in [3.05, 3.63) is 64.7 Å². The van der Waals surface area contributed by atoms with Crippen LogP contribution in [0.5, 0.6) is 5.75 Å². The molecule has 3 rings (SSSR count). The Morgan fingerprint density at radius 1 is 1.03 bits per heavy atom. The van der Waals surface area contributed by atoms with Gasteiger partial charge >= 0.3 is 5.97 Å². The molecule has 0 aromatic heterocycles. The Labute approximate surface area is 182 Å². The van der Waals surface area contributed by atoms with Gasteiger partial charge in [0.2, 0.25) is 0 Å². The Balaban J connectivity index is 1.82. The third-order valence-corrected chi connectivity index (χ3v) is 5.22. The lowest BCUT2D eigenvalue weighted by atomic mass is 9.99. The van der Waals surface area contributed by atoms with E-state index in [1.165, 1.54) is 14.2 Å². The molecule has 1 fully saturated rings. The molecule has 0 N–H and O–H groups in total. The van der Waals surface area contributed by atoms with E-state index in [0.29, 0.717) is 11.3 Å². The largest absolute Gasteiger partial charge is 0.487 e. The van der Waals surface area contributed by atoms with E-state index in [1.54, 1.807) is 6.07 Å². The number of hydrogen-bond donors (Lipinski definition) is 0. The molecule has 2 aromatic rings. The van der Waals surface area contributed by atoms with E-state index < -0.39 is 5.97 Å². The number of esters is 1. The molecule has 0 heterocycles. The lowest BCUT2D eigenvalue weighted by Gasteiger charge is -2.16. The van der Waals surface area contributed by atoms with Gasteiger partial charge in [-0.2, -0.15) is 0 Å². The molecule has 0 amide bonds. The van der Waals surface area contributed by atoms with E-state index in [0.717, 1.165) is 35.3 Å². The van der Waals surface area contributed by atoms with Crippen LogP contribution < -0.4 is 4.74 Å². The number of oxime groups is 2. The fraction of sp³-hybridized carbons (Fsp3) is 0.375. The second kappa shape index (κ2) is 9.64. The highest BCUT2D eigenvalue weighted by molar-refractivity contribution is 6.43. The van der Waals surface area contributed by atoms with Crippen molar-refractivity contribution in [2.24, 2.45) is 10.3 Å². The van der Waals surface area contributed by atoms with Crippen LogP contribution in [0.3, 0.4) is 0 Å². The first-order valence-electron chi connectivity index (χ1n) is 10.1. The van der Waals surface area contributed by atoms with Crippen molar-refractivity contribution in [3.8, 4) is 5.75 Å². The summed E-state index contributed by atoms with van der Waals surface area (Å²) in [7, 11) is 2.68. The highest BCUT2D eigenvalue weighted by Gasteiger charge is 2.40. The minimum Gasteiger partial charge on any atom is -0.487 e. The zero-order chi connectivity index (χ0) is 22.4. The molecule has 0 unspecified atom stereocenters. The molecule has 0 saturated heterocycles. The first-order valence-corrected chi connectivity index (χ1v) is 10.1. The maximum Gasteiger partial charge on any atom is 0.360 e. The van der Waals surface area contributed by atoms with Crippen LogP contribution in [0.25, 0.3) is 0 Å². The number of benzene rings is 2. The monoisotopic (exact) mass is 424 g/mol. The predicted octanol–water partition coefficient (Wildman–Crippen LogP) is 4.39. The van der Waals surface area contributed by atoms with Crippen LogP contribution in [0.1, 0.15) is 48.9 Å². The normalized spacial score (nSPS) is 15.3. The number of carbonyl (C=O) groups excluding carboxylic acids is 1. The van der Waals surface area contributed by atoms with Crippen molar-refractivity contribution in [1.82, 2.24) is 0 Å². The van der Waals surface area contributed by atoms with Gasteiger partial charge in [-0.1, -0.05) is 40.6 Å². The molecule has 0 atom stereocenters. The Bertz CT molecular complexity index is 1010. The van der Waals surface area contributed by atoms with Crippen molar-refractivity contribution in [2.75, 3.05) is 14.2 Å². The van der Waals surface area contributed by atoms with Gasteiger partial charge in [0, 0.05) is 16.7 Å². The Hall–Kier alpha value is -3.35. The molecule has 2 aromatic carbocycles. The molecular weight excluding hydrogens is 396 g/mol. The molecule has 1 saturated carbocycles. The van der Waals surface area contributed by atoms with Gasteiger partial charge in [0.25, 0.3) is 0 Å². The van der Waals surface area contributed by atoms with Crippen molar-refractivity contribution in [1.29, 1.82) is 0 Å². The van der Waals surface area contributed by atoms with E-state index in [-0.39, 0.29) is 17.9 Å². The highest BCUT2D eigenvalue weighted by atomic mass is 16.6. The topological polar surface area (TPSA) is 78.7 Å². The van der Waals surface area contributed by atoms with Gasteiger partial charge in [0.15, 0.2) is 5.71 Å². The minimum atomic E-state index is -0.590. The SMILES string of the molecule is CO/N=C(/C(=O)OC)c1cccc(C)c1CO/N=C(\C)c1ccccc1OC1(C)CC1. The lowest BCUT2D eigenvalue weighted by molar-refractivity contribution is -0.132. The molecule has 1 aliphatic rings. The van der Waals surface area contributed by atoms with Crippen LogP contribution in [0.4, 0.5) is 0 Å². The average molecular weight is 424 g/mol. The standard InChI is InChI=1S/C24H28N2O5/c1-16-9-8-11-19(22(26-29-5)23(27)28-4)20(16)15-30-25-17(2)18-10-6-7-12-21(18)31-24(3)13-14-24/h6-12H,13-15H2,1-5H3/b25-17+,26-22+. The quantitative estimate of drug-likeness (QED) is 0.339. The fourth-order valence-electron chi connectivity index (χ4n) is 3.14. The van der Waals surface area contributed by atoms with Gasteiger partial charge in [-0.05, 0) is 51.3 Å². The Kier molecular flexibility index (Phi) is 6.95. The number of aryl methyl sites for hydroxylation is 1. The molecule has 0 aliphatic heterocycles. The molecule has 0 radical (unpaired) electrons. The third-order valence-electron chi connectivity index (χ3n) is 5.22. The Morgan fingerprint density at radius 2 is 1.74 bits per heavy atom. The summed E-state index contributed by atoms with van der Waals surface area (Å²) in [6.07, 6.45) is 2.10. The second-order valence-electron chi connectivity index (χ2n) is 7.71.